The largest absolute Gasteiger partial charge is 0.426 e. The molecule has 2 fully saturated rings. The van der Waals surface area contributed by atoms with Crippen LogP contribution in [0.3, 0.4) is 0 Å². The maximum atomic E-state index is 12.3. The predicted molar refractivity (Wildman–Crippen MR) is 99.9 cm³/mol. The number of piperidine rings is 1. The van der Waals surface area contributed by atoms with Crippen LogP contribution < -0.4 is 4.74 Å². The minimum Gasteiger partial charge on any atom is -0.426 e. The molecular formula is C22H31NO2. The molecule has 136 valence electrons. The molecule has 0 radical (unpaired) electrons. The van der Waals surface area contributed by atoms with E-state index in [9.17, 15) is 4.79 Å². The van der Waals surface area contributed by atoms with Gasteiger partial charge in [-0.3, -0.25) is 4.79 Å². The normalized spacial score (nSPS) is 31.8. The van der Waals surface area contributed by atoms with Crippen LogP contribution in [0.5, 0.6) is 5.75 Å². The Morgan fingerprint density at radius 1 is 1.24 bits per heavy atom. The van der Waals surface area contributed by atoms with Crippen molar-refractivity contribution in [3.63, 3.8) is 0 Å². The smallest absolute Gasteiger partial charge is 0.316 e. The van der Waals surface area contributed by atoms with Crippen LogP contribution in [0, 0.1) is 11.3 Å². The van der Waals surface area contributed by atoms with Crippen LogP contribution in [-0.2, 0) is 16.6 Å². The van der Waals surface area contributed by atoms with Gasteiger partial charge in [0.25, 0.3) is 0 Å². The van der Waals surface area contributed by atoms with Crippen LogP contribution >= 0.6 is 0 Å². The van der Waals surface area contributed by atoms with Gasteiger partial charge in [-0.15, -0.1) is 0 Å². The lowest BCUT2D eigenvalue weighted by Gasteiger charge is -2.58. The predicted octanol–water partition coefficient (Wildman–Crippen LogP) is 4.33. The fraction of sp³-hybridized carbons (Fsp3) is 0.682. The summed E-state index contributed by atoms with van der Waals surface area (Å²) < 4.78 is 5.73. The average Bonchev–Trinajstić information content (AvgIpc) is 2.57. The van der Waals surface area contributed by atoms with E-state index in [-0.39, 0.29) is 5.97 Å². The van der Waals surface area contributed by atoms with E-state index in [1.165, 1.54) is 49.8 Å². The Morgan fingerprint density at radius 3 is 2.80 bits per heavy atom. The lowest BCUT2D eigenvalue weighted by Crippen LogP contribution is -2.59. The first-order valence-electron chi connectivity index (χ1n) is 9.87. The molecule has 1 aromatic carbocycles. The molecule has 0 aromatic heterocycles. The van der Waals surface area contributed by atoms with Gasteiger partial charge in [-0.1, -0.05) is 18.9 Å². The quantitative estimate of drug-likeness (QED) is 0.562. The number of rotatable bonds is 1. The summed E-state index contributed by atoms with van der Waals surface area (Å²) in [5.41, 5.74) is 2.80. The number of fused-ring (bicyclic) bond motifs is 1. The Balaban J connectivity index is 1.73. The van der Waals surface area contributed by atoms with Crippen molar-refractivity contribution in [1.82, 2.24) is 4.90 Å². The van der Waals surface area contributed by atoms with Gasteiger partial charge < -0.3 is 9.64 Å². The summed E-state index contributed by atoms with van der Waals surface area (Å²) >= 11 is 0. The van der Waals surface area contributed by atoms with Crippen molar-refractivity contribution in [2.45, 2.75) is 70.8 Å². The molecule has 1 saturated heterocycles. The summed E-state index contributed by atoms with van der Waals surface area (Å²) in [4.78, 5) is 14.9. The fourth-order valence-corrected chi connectivity index (χ4v) is 5.50. The Labute approximate surface area is 151 Å². The molecule has 1 aliphatic heterocycles. The minimum atomic E-state index is -0.472. The molecule has 1 saturated carbocycles. The first-order chi connectivity index (χ1) is 11.8. The number of hydrogen-bond donors (Lipinski definition) is 0. The third kappa shape index (κ3) is 2.71. The standard InChI is InChI=1S/C22H31NO2/c1-21(2,3)20(24)25-16-9-8-15-13-19-17-7-5-6-10-22(17,18(15)14-16)11-12-23(19)4/h8-9,14,17,19H,5-7,10-13H2,1-4H3/t17-,19+,22+/m0/s1. The molecule has 0 spiro atoms. The van der Waals surface area contributed by atoms with Crippen LogP contribution in [0.15, 0.2) is 18.2 Å². The van der Waals surface area contributed by atoms with Gasteiger partial charge in [0, 0.05) is 11.5 Å². The van der Waals surface area contributed by atoms with E-state index in [1.807, 2.05) is 26.8 Å². The average molecular weight is 341 g/mol. The zero-order chi connectivity index (χ0) is 17.8. The van der Waals surface area contributed by atoms with Gasteiger partial charge in [0.1, 0.15) is 5.75 Å². The maximum Gasteiger partial charge on any atom is 0.316 e. The van der Waals surface area contributed by atoms with Gasteiger partial charge in [0.05, 0.1) is 5.41 Å². The van der Waals surface area contributed by atoms with Crippen LogP contribution in [0.2, 0.25) is 0 Å². The van der Waals surface area contributed by atoms with Gasteiger partial charge in [0.2, 0.25) is 0 Å². The number of nitrogens with zero attached hydrogens (tertiary/aromatic N) is 1. The molecule has 1 aromatic rings. The number of hydrogen-bond acceptors (Lipinski definition) is 3. The molecule has 3 aliphatic rings. The molecule has 2 bridgehead atoms. The van der Waals surface area contributed by atoms with Crippen molar-refractivity contribution >= 4 is 5.97 Å². The minimum absolute atomic E-state index is 0.151. The number of ether oxygens (including phenoxy) is 1. The maximum absolute atomic E-state index is 12.3. The van der Waals surface area contributed by atoms with E-state index in [4.69, 9.17) is 4.74 Å². The summed E-state index contributed by atoms with van der Waals surface area (Å²) in [6.07, 6.45) is 7.73. The second-order valence-electron chi connectivity index (χ2n) is 9.47. The first kappa shape index (κ1) is 17.1. The molecule has 2 aliphatic carbocycles. The van der Waals surface area contributed by atoms with Gasteiger partial charge in [-0.25, -0.2) is 0 Å². The number of carbonyl (C=O) groups excluding carboxylic acids is 1. The first-order valence-corrected chi connectivity index (χ1v) is 9.87. The van der Waals surface area contributed by atoms with Gasteiger partial charge in [0.15, 0.2) is 0 Å². The molecule has 1 heterocycles. The highest BCUT2D eigenvalue weighted by molar-refractivity contribution is 5.78. The highest BCUT2D eigenvalue weighted by Crippen LogP contribution is 2.55. The van der Waals surface area contributed by atoms with E-state index in [0.717, 1.165) is 18.1 Å². The summed E-state index contributed by atoms with van der Waals surface area (Å²) in [6.45, 7) is 6.91. The van der Waals surface area contributed by atoms with Crippen LogP contribution in [0.25, 0.3) is 0 Å². The van der Waals surface area contributed by atoms with E-state index < -0.39 is 5.41 Å². The molecule has 3 nitrogen and oxygen atoms in total. The zero-order valence-corrected chi connectivity index (χ0v) is 16.1. The van der Waals surface area contributed by atoms with E-state index >= 15 is 0 Å². The summed E-state index contributed by atoms with van der Waals surface area (Å²) in [5, 5.41) is 0. The van der Waals surface area contributed by atoms with Crippen molar-refractivity contribution in [3.8, 4) is 5.75 Å². The second-order valence-corrected chi connectivity index (χ2v) is 9.47. The number of benzene rings is 1. The number of likely N-dealkylation sites (N-methyl/N-ethyl adjacent to an activating group) is 1. The van der Waals surface area contributed by atoms with Crippen molar-refractivity contribution in [2.75, 3.05) is 13.6 Å². The molecule has 25 heavy (non-hydrogen) atoms. The van der Waals surface area contributed by atoms with Gasteiger partial charge in [-0.2, -0.15) is 0 Å². The van der Waals surface area contributed by atoms with Crippen LogP contribution in [0.1, 0.15) is 64.0 Å². The summed E-state index contributed by atoms with van der Waals surface area (Å²) in [6, 6.07) is 7.11. The van der Waals surface area contributed by atoms with Gasteiger partial charge >= 0.3 is 5.97 Å². The number of likely N-dealkylation sites (tertiary alicyclic amines) is 1. The molecule has 4 rings (SSSR count). The Hall–Kier alpha value is -1.35. The monoisotopic (exact) mass is 341 g/mol. The SMILES string of the molecule is CN1CC[C@]23CCCC[C@H]2[C@H]1Cc1ccc(OC(=O)C(C)(C)C)cc13. The third-order valence-corrected chi connectivity index (χ3v) is 6.91. The molecule has 0 amide bonds. The van der Waals surface area contributed by atoms with Crippen molar-refractivity contribution in [1.29, 1.82) is 0 Å². The van der Waals surface area contributed by atoms with E-state index in [0.29, 0.717) is 11.5 Å². The lowest BCUT2D eigenvalue weighted by atomic mass is 9.52. The Kier molecular flexibility index (Phi) is 3.99. The summed E-state index contributed by atoms with van der Waals surface area (Å²) in [7, 11) is 2.30. The molecule has 0 N–H and O–H groups in total. The number of carbonyl (C=O) groups is 1. The van der Waals surface area contributed by atoms with Crippen LogP contribution in [-0.4, -0.2) is 30.5 Å². The van der Waals surface area contributed by atoms with Crippen molar-refractivity contribution < 1.29 is 9.53 Å². The van der Waals surface area contributed by atoms with Crippen molar-refractivity contribution in [2.24, 2.45) is 11.3 Å². The van der Waals surface area contributed by atoms with E-state index in [1.54, 1.807) is 0 Å². The second kappa shape index (κ2) is 5.84. The molecule has 3 heteroatoms. The highest BCUT2D eigenvalue weighted by atomic mass is 16.5. The molecule has 3 atom stereocenters. The van der Waals surface area contributed by atoms with Gasteiger partial charge in [-0.05, 0) is 89.2 Å². The van der Waals surface area contributed by atoms with Crippen LogP contribution in [0.4, 0.5) is 0 Å². The molecular weight excluding hydrogens is 310 g/mol. The lowest BCUT2D eigenvalue weighted by molar-refractivity contribution is -0.143. The Bertz CT molecular complexity index is 690. The topological polar surface area (TPSA) is 29.5 Å². The zero-order valence-electron chi connectivity index (χ0n) is 16.1. The van der Waals surface area contributed by atoms with Crippen molar-refractivity contribution in [3.05, 3.63) is 29.3 Å². The number of esters is 1. The fourth-order valence-electron chi connectivity index (χ4n) is 5.50. The van der Waals surface area contributed by atoms with E-state index in [2.05, 4.69) is 24.1 Å². The third-order valence-electron chi connectivity index (χ3n) is 6.91. The molecule has 0 unspecified atom stereocenters. The highest BCUT2D eigenvalue weighted by Gasteiger charge is 2.53. The summed E-state index contributed by atoms with van der Waals surface area (Å²) in [5.74, 6) is 1.35. The Morgan fingerprint density at radius 2 is 2.04 bits per heavy atom.